The van der Waals surface area contributed by atoms with Crippen LogP contribution in [0.3, 0.4) is 0 Å². The number of fused-ring (bicyclic) bond motifs is 1. The summed E-state index contributed by atoms with van der Waals surface area (Å²) in [6, 6.07) is 9.70. The average Bonchev–Trinajstić information content (AvgIpc) is 3.06. The number of benzene rings is 1. The van der Waals surface area contributed by atoms with Crippen LogP contribution in [0.5, 0.6) is 0 Å². The Labute approximate surface area is 148 Å². The predicted octanol–water partition coefficient (Wildman–Crippen LogP) is 1.08. The zero-order valence-corrected chi connectivity index (χ0v) is 14.2. The lowest BCUT2D eigenvalue weighted by molar-refractivity contribution is -0.146. The van der Waals surface area contributed by atoms with Crippen LogP contribution in [0.15, 0.2) is 50.3 Å². The number of hydrogen-bond acceptors (Lipinski definition) is 7. The van der Waals surface area contributed by atoms with Crippen LogP contribution in [0, 0.1) is 0 Å². The third-order valence-electron chi connectivity index (χ3n) is 3.17. The largest absolute Gasteiger partial charge is 0.444 e. The highest BCUT2D eigenvalue weighted by Crippen LogP contribution is 2.13. The third kappa shape index (κ3) is 3.91. The summed E-state index contributed by atoms with van der Waals surface area (Å²) in [5.41, 5.74) is 0.0230. The molecule has 0 bridgehead atoms. The summed E-state index contributed by atoms with van der Waals surface area (Å²) in [5, 5.41) is 10.3. The molecule has 10 heteroatoms. The molecule has 3 rings (SSSR count). The van der Waals surface area contributed by atoms with Crippen molar-refractivity contribution >= 4 is 38.7 Å². The molecule has 0 saturated carbocycles. The number of amides is 1. The van der Waals surface area contributed by atoms with E-state index < -0.39 is 24.2 Å². The Morgan fingerprint density at radius 3 is 2.80 bits per heavy atom. The minimum absolute atomic E-state index is 0.0521. The Bertz CT molecular complexity index is 997. The van der Waals surface area contributed by atoms with Crippen molar-refractivity contribution in [3.8, 4) is 0 Å². The number of carbonyl (C=O) groups excluding carboxylic acids is 2. The van der Waals surface area contributed by atoms with E-state index in [0.29, 0.717) is 15.6 Å². The number of furan rings is 1. The van der Waals surface area contributed by atoms with E-state index in [-0.39, 0.29) is 12.3 Å². The quantitative estimate of drug-likeness (QED) is 0.629. The summed E-state index contributed by atoms with van der Waals surface area (Å²) in [6.07, 6.45) is 0. The summed E-state index contributed by atoms with van der Waals surface area (Å²) in [5.74, 6) is -1.25. The maximum atomic E-state index is 12.2. The second kappa shape index (κ2) is 7.26. The molecule has 2 heterocycles. The summed E-state index contributed by atoms with van der Waals surface area (Å²) in [4.78, 5) is 35.6. The topological polar surface area (TPSA) is 116 Å². The van der Waals surface area contributed by atoms with Gasteiger partial charge in [0, 0.05) is 0 Å². The molecule has 9 nitrogen and oxygen atoms in total. The van der Waals surface area contributed by atoms with Gasteiger partial charge in [-0.25, -0.2) is 0 Å². The molecule has 2 aromatic heterocycles. The fraction of sp³-hybridized carbons (Fsp3) is 0.133. The second-order valence-electron chi connectivity index (χ2n) is 4.84. The molecule has 3 aromatic rings. The molecule has 25 heavy (non-hydrogen) atoms. The SMILES string of the molecule is O=C(CNC(=O)c1ccc(Br)o1)OCn1nnc2ccccc2c1=O. The van der Waals surface area contributed by atoms with E-state index in [1.165, 1.54) is 6.07 Å². The molecule has 0 saturated heterocycles. The van der Waals surface area contributed by atoms with Crippen molar-refractivity contribution in [1.29, 1.82) is 0 Å². The van der Waals surface area contributed by atoms with Crippen molar-refractivity contribution < 1.29 is 18.7 Å². The molecule has 0 aliphatic heterocycles. The molecule has 0 aliphatic carbocycles. The van der Waals surface area contributed by atoms with E-state index in [0.717, 1.165) is 4.68 Å². The summed E-state index contributed by atoms with van der Waals surface area (Å²) >= 11 is 3.07. The number of ether oxygens (including phenoxy) is 1. The van der Waals surface area contributed by atoms with Gasteiger partial charge in [-0.15, -0.1) is 5.10 Å². The fourth-order valence-electron chi connectivity index (χ4n) is 1.97. The molecular weight excluding hydrogens is 396 g/mol. The molecule has 0 unspecified atom stereocenters. The highest BCUT2D eigenvalue weighted by molar-refractivity contribution is 9.10. The van der Waals surface area contributed by atoms with Gasteiger partial charge in [0.25, 0.3) is 11.5 Å². The molecule has 0 fully saturated rings. The van der Waals surface area contributed by atoms with Gasteiger partial charge in [0.05, 0.1) is 5.39 Å². The van der Waals surface area contributed by atoms with E-state index in [4.69, 9.17) is 9.15 Å². The fourth-order valence-corrected chi connectivity index (χ4v) is 2.27. The first-order valence-electron chi connectivity index (χ1n) is 7.06. The number of rotatable bonds is 5. The first-order chi connectivity index (χ1) is 12.0. The number of esters is 1. The predicted molar refractivity (Wildman–Crippen MR) is 88.6 cm³/mol. The van der Waals surface area contributed by atoms with E-state index in [1.54, 1.807) is 30.3 Å². The number of hydrogen-bond donors (Lipinski definition) is 1. The molecule has 0 aliphatic rings. The molecule has 0 atom stereocenters. The zero-order chi connectivity index (χ0) is 17.8. The Kier molecular flexibility index (Phi) is 4.89. The molecule has 1 aromatic carbocycles. The van der Waals surface area contributed by atoms with E-state index >= 15 is 0 Å². The zero-order valence-electron chi connectivity index (χ0n) is 12.6. The van der Waals surface area contributed by atoms with Crippen molar-refractivity contribution in [3.05, 3.63) is 57.2 Å². The van der Waals surface area contributed by atoms with Crippen LogP contribution in [0.4, 0.5) is 0 Å². The number of nitrogens with zero attached hydrogens (tertiary/aromatic N) is 3. The lowest BCUT2D eigenvalue weighted by Gasteiger charge is -2.07. The molecular formula is C15H11BrN4O5. The molecule has 1 N–H and O–H groups in total. The number of aromatic nitrogens is 3. The maximum absolute atomic E-state index is 12.2. The lowest BCUT2D eigenvalue weighted by Crippen LogP contribution is -2.32. The van der Waals surface area contributed by atoms with Crippen molar-refractivity contribution in [1.82, 2.24) is 20.3 Å². The lowest BCUT2D eigenvalue weighted by atomic mass is 10.2. The number of nitrogens with one attached hydrogen (secondary N) is 1. The van der Waals surface area contributed by atoms with Crippen LogP contribution < -0.4 is 10.9 Å². The highest BCUT2D eigenvalue weighted by atomic mass is 79.9. The van der Waals surface area contributed by atoms with Gasteiger partial charge in [-0.1, -0.05) is 17.3 Å². The van der Waals surface area contributed by atoms with Gasteiger partial charge in [-0.3, -0.25) is 14.4 Å². The van der Waals surface area contributed by atoms with Gasteiger partial charge in [-0.2, -0.15) is 4.68 Å². The third-order valence-corrected chi connectivity index (χ3v) is 3.59. The second-order valence-corrected chi connectivity index (χ2v) is 5.62. The van der Waals surface area contributed by atoms with Crippen LogP contribution in [-0.4, -0.2) is 33.4 Å². The van der Waals surface area contributed by atoms with E-state index in [2.05, 4.69) is 31.6 Å². The van der Waals surface area contributed by atoms with Crippen LogP contribution in [0.2, 0.25) is 0 Å². The normalized spacial score (nSPS) is 10.6. The van der Waals surface area contributed by atoms with Crippen molar-refractivity contribution in [2.75, 3.05) is 6.54 Å². The van der Waals surface area contributed by atoms with Gasteiger partial charge in [0.1, 0.15) is 12.1 Å². The van der Waals surface area contributed by atoms with Crippen molar-refractivity contribution in [3.63, 3.8) is 0 Å². The Hall–Kier alpha value is -3.01. The van der Waals surface area contributed by atoms with Crippen molar-refractivity contribution in [2.45, 2.75) is 6.73 Å². The summed E-state index contributed by atoms with van der Waals surface area (Å²) in [7, 11) is 0. The van der Waals surface area contributed by atoms with Crippen LogP contribution in [0.1, 0.15) is 10.6 Å². The molecule has 0 spiro atoms. The monoisotopic (exact) mass is 406 g/mol. The summed E-state index contributed by atoms with van der Waals surface area (Å²) < 4.78 is 11.3. The van der Waals surface area contributed by atoms with Gasteiger partial charge in [0.2, 0.25) is 0 Å². The van der Waals surface area contributed by atoms with Crippen LogP contribution in [-0.2, 0) is 16.3 Å². The molecule has 128 valence electrons. The van der Waals surface area contributed by atoms with Gasteiger partial charge >= 0.3 is 5.97 Å². The minimum Gasteiger partial charge on any atom is -0.444 e. The van der Waals surface area contributed by atoms with Gasteiger partial charge in [0.15, 0.2) is 17.2 Å². The molecule has 1 amide bonds. The smallest absolute Gasteiger partial charge is 0.327 e. The van der Waals surface area contributed by atoms with E-state index in [1.807, 2.05) is 0 Å². The van der Waals surface area contributed by atoms with Gasteiger partial charge < -0.3 is 14.5 Å². The van der Waals surface area contributed by atoms with Crippen LogP contribution >= 0.6 is 15.9 Å². The standard InChI is InChI=1S/C15H11BrN4O5/c16-12-6-5-11(25-12)14(22)17-7-13(21)24-8-20-15(23)9-3-1-2-4-10(9)18-19-20/h1-6H,7-8H2,(H,17,22). The maximum Gasteiger partial charge on any atom is 0.327 e. The Morgan fingerprint density at radius 2 is 2.04 bits per heavy atom. The summed E-state index contributed by atoms with van der Waals surface area (Å²) in [6.45, 7) is -0.787. The van der Waals surface area contributed by atoms with Gasteiger partial charge in [-0.05, 0) is 40.2 Å². The first kappa shape index (κ1) is 16.8. The number of halogens is 1. The minimum atomic E-state index is -0.735. The highest BCUT2D eigenvalue weighted by Gasteiger charge is 2.13. The Balaban J connectivity index is 1.56. The average molecular weight is 407 g/mol. The first-order valence-corrected chi connectivity index (χ1v) is 7.85. The number of carbonyl (C=O) groups is 2. The van der Waals surface area contributed by atoms with Crippen molar-refractivity contribution in [2.24, 2.45) is 0 Å². The Morgan fingerprint density at radius 1 is 1.24 bits per heavy atom. The molecule has 0 radical (unpaired) electrons. The van der Waals surface area contributed by atoms with Crippen LogP contribution in [0.25, 0.3) is 10.9 Å². The van der Waals surface area contributed by atoms with E-state index in [9.17, 15) is 14.4 Å².